The van der Waals surface area contributed by atoms with E-state index in [2.05, 4.69) is 31.9 Å². The molecule has 21 heavy (non-hydrogen) atoms. The fourth-order valence-electron chi connectivity index (χ4n) is 1.45. The Balaban J connectivity index is 2.93. The van der Waals surface area contributed by atoms with Crippen molar-refractivity contribution in [2.45, 2.75) is 13.8 Å². The number of carboxylic acids is 1. The van der Waals surface area contributed by atoms with Crippen molar-refractivity contribution in [3.05, 3.63) is 32.2 Å². The highest BCUT2D eigenvalue weighted by atomic mass is 79.9. The molecule has 0 aliphatic carbocycles. The van der Waals surface area contributed by atoms with Crippen molar-refractivity contribution in [2.24, 2.45) is 0 Å². The van der Waals surface area contributed by atoms with E-state index in [9.17, 15) is 9.59 Å². The molecule has 5 nitrogen and oxygen atoms in total. The number of benzene rings is 1. The van der Waals surface area contributed by atoms with Crippen molar-refractivity contribution in [3.8, 4) is 5.75 Å². The Bertz CT molecular complexity index is 558. The van der Waals surface area contributed by atoms with Crippen LogP contribution in [0.15, 0.2) is 26.7 Å². The zero-order valence-corrected chi connectivity index (χ0v) is 14.7. The summed E-state index contributed by atoms with van der Waals surface area (Å²) in [6.07, 6.45) is 1.53. The van der Waals surface area contributed by atoms with Crippen LogP contribution in [0.3, 0.4) is 0 Å². The van der Waals surface area contributed by atoms with E-state index in [0.717, 1.165) is 0 Å². The Morgan fingerprint density at radius 3 is 2.33 bits per heavy atom. The summed E-state index contributed by atoms with van der Waals surface area (Å²) < 4.78 is 11.4. The van der Waals surface area contributed by atoms with Crippen LogP contribution in [-0.4, -0.2) is 30.3 Å². The molecule has 0 spiro atoms. The van der Waals surface area contributed by atoms with Gasteiger partial charge in [-0.3, -0.25) is 0 Å². The molecule has 0 saturated heterocycles. The van der Waals surface area contributed by atoms with Crippen LogP contribution in [0.5, 0.6) is 5.75 Å². The number of hydrogen-bond acceptors (Lipinski definition) is 4. The van der Waals surface area contributed by atoms with Gasteiger partial charge in [0.25, 0.3) is 0 Å². The molecule has 0 fully saturated rings. The number of hydrogen-bond donors (Lipinski definition) is 1. The van der Waals surface area contributed by atoms with E-state index in [1.807, 2.05) is 0 Å². The maximum atomic E-state index is 11.3. The molecule has 0 saturated carbocycles. The smallest absolute Gasteiger partial charge is 0.344 e. The molecule has 0 aliphatic rings. The second-order valence-corrected chi connectivity index (χ2v) is 5.75. The first kappa shape index (κ1) is 17.7. The third-order valence-electron chi connectivity index (χ3n) is 2.38. The Morgan fingerprint density at radius 1 is 1.29 bits per heavy atom. The largest absolute Gasteiger partial charge is 0.480 e. The molecular formula is C14H14Br2O5. The van der Waals surface area contributed by atoms with Gasteiger partial charge in [-0.25, -0.2) is 9.59 Å². The van der Waals surface area contributed by atoms with E-state index < -0.39 is 11.9 Å². The minimum absolute atomic E-state index is 0.200. The lowest BCUT2D eigenvalue weighted by molar-refractivity contribution is -0.145. The zero-order valence-electron chi connectivity index (χ0n) is 11.5. The molecule has 0 bridgehead atoms. The average Bonchev–Trinajstić information content (AvgIpc) is 2.37. The van der Waals surface area contributed by atoms with Gasteiger partial charge in [0.15, 0.2) is 6.61 Å². The standard InChI is InChI=1S/C14H14Br2O5/c1-3-20-12(17)7-21-13-10(15)5-9(6-11(13)16)4-8(2)14(18)19/h4-6H,3,7H2,1-2H3,(H,18,19)/b8-4+. The fraction of sp³-hybridized carbons (Fsp3) is 0.286. The predicted octanol–water partition coefficient (Wildman–Crippen LogP) is 3.64. The fourth-order valence-corrected chi connectivity index (χ4v) is 2.90. The maximum Gasteiger partial charge on any atom is 0.344 e. The molecule has 114 valence electrons. The van der Waals surface area contributed by atoms with Crippen molar-refractivity contribution in [1.29, 1.82) is 0 Å². The summed E-state index contributed by atoms with van der Waals surface area (Å²) in [6.45, 7) is 3.32. The number of halogens is 2. The van der Waals surface area contributed by atoms with E-state index in [4.69, 9.17) is 14.6 Å². The summed E-state index contributed by atoms with van der Waals surface area (Å²) in [7, 11) is 0. The topological polar surface area (TPSA) is 72.8 Å². The summed E-state index contributed by atoms with van der Waals surface area (Å²) in [4.78, 5) is 22.1. The molecule has 0 unspecified atom stereocenters. The van der Waals surface area contributed by atoms with Crippen LogP contribution in [-0.2, 0) is 14.3 Å². The zero-order chi connectivity index (χ0) is 16.0. The van der Waals surface area contributed by atoms with Gasteiger partial charge >= 0.3 is 11.9 Å². The second kappa shape index (κ2) is 8.19. The van der Waals surface area contributed by atoms with E-state index >= 15 is 0 Å². The summed E-state index contributed by atoms with van der Waals surface area (Å²) in [5.74, 6) is -0.986. The predicted molar refractivity (Wildman–Crippen MR) is 85.3 cm³/mol. The number of carboxylic acid groups (broad SMARTS) is 1. The van der Waals surface area contributed by atoms with Crippen LogP contribution in [0, 0.1) is 0 Å². The van der Waals surface area contributed by atoms with Crippen molar-refractivity contribution < 1.29 is 24.2 Å². The number of esters is 1. The first-order valence-electron chi connectivity index (χ1n) is 6.04. The molecular weight excluding hydrogens is 408 g/mol. The first-order valence-corrected chi connectivity index (χ1v) is 7.62. The minimum Gasteiger partial charge on any atom is -0.480 e. The summed E-state index contributed by atoms with van der Waals surface area (Å²) in [6, 6.07) is 3.41. The van der Waals surface area contributed by atoms with Gasteiger partial charge in [-0.05, 0) is 69.5 Å². The van der Waals surface area contributed by atoms with Crippen molar-refractivity contribution in [3.63, 3.8) is 0 Å². The van der Waals surface area contributed by atoms with Crippen LogP contribution in [0.1, 0.15) is 19.4 Å². The molecule has 0 atom stereocenters. The molecule has 0 aliphatic heterocycles. The van der Waals surface area contributed by atoms with E-state index in [-0.39, 0.29) is 12.2 Å². The van der Waals surface area contributed by atoms with Gasteiger partial charge in [-0.1, -0.05) is 0 Å². The highest BCUT2D eigenvalue weighted by Crippen LogP contribution is 2.35. The van der Waals surface area contributed by atoms with Crippen molar-refractivity contribution in [1.82, 2.24) is 0 Å². The maximum absolute atomic E-state index is 11.3. The Hall–Kier alpha value is -1.34. The normalized spacial score (nSPS) is 11.1. The lowest BCUT2D eigenvalue weighted by Crippen LogP contribution is -2.15. The summed E-state index contributed by atoms with van der Waals surface area (Å²) in [5.41, 5.74) is 0.908. The van der Waals surface area contributed by atoms with Gasteiger partial charge in [-0.15, -0.1) is 0 Å². The van der Waals surface area contributed by atoms with Crippen LogP contribution >= 0.6 is 31.9 Å². The highest BCUT2D eigenvalue weighted by Gasteiger charge is 2.12. The number of ether oxygens (including phenoxy) is 2. The highest BCUT2D eigenvalue weighted by molar-refractivity contribution is 9.11. The summed E-state index contributed by atoms with van der Waals surface area (Å²) in [5, 5.41) is 8.86. The Kier molecular flexibility index (Phi) is 6.91. The van der Waals surface area contributed by atoms with Crippen LogP contribution in [0.4, 0.5) is 0 Å². The third-order valence-corrected chi connectivity index (χ3v) is 3.56. The first-order chi connectivity index (χ1) is 9.85. The van der Waals surface area contributed by atoms with Gasteiger partial charge in [0.05, 0.1) is 15.6 Å². The Morgan fingerprint density at radius 2 is 1.86 bits per heavy atom. The van der Waals surface area contributed by atoms with Gasteiger partial charge in [0, 0.05) is 5.57 Å². The third kappa shape index (κ3) is 5.51. The minimum atomic E-state index is -0.982. The van der Waals surface area contributed by atoms with Gasteiger partial charge < -0.3 is 14.6 Å². The number of carbonyl (C=O) groups excluding carboxylic acids is 1. The van der Waals surface area contributed by atoms with Gasteiger partial charge in [-0.2, -0.15) is 0 Å². The molecule has 1 aromatic rings. The molecule has 0 aromatic heterocycles. The molecule has 0 amide bonds. The molecule has 0 radical (unpaired) electrons. The lowest BCUT2D eigenvalue weighted by atomic mass is 10.1. The average molecular weight is 422 g/mol. The van der Waals surface area contributed by atoms with Gasteiger partial charge in [0.1, 0.15) is 5.75 Å². The van der Waals surface area contributed by atoms with Crippen LogP contribution in [0.25, 0.3) is 6.08 Å². The number of carbonyl (C=O) groups is 2. The van der Waals surface area contributed by atoms with E-state index in [1.165, 1.54) is 13.0 Å². The van der Waals surface area contributed by atoms with E-state index in [1.54, 1.807) is 19.1 Å². The number of aliphatic carboxylic acids is 1. The van der Waals surface area contributed by atoms with Crippen LogP contribution < -0.4 is 4.74 Å². The van der Waals surface area contributed by atoms with Gasteiger partial charge in [0.2, 0.25) is 0 Å². The van der Waals surface area contributed by atoms with E-state index in [0.29, 0.717) is 26.9 Å². The second-order valence-electron chi connectivity index (χ2n) is 4.04. The number of rotatable bonds is 6. The van der Waals surface area contributed by atoms with Crippen LogP contribution in [0.2, 0.25) is 0 Å². The SMILES string of the molecule is CCOC(=O)COc1c(Br)cc(/C=C(\C)C(=O)O)cc1Br. The van der Waals surface area contributed by atoms with Crippen molar-refractivity contribution in [2.75, 3.05) is 13.2 Å². The molecule has 1 N–H and O–H groups in total. The molecule has 7 heteroatoms. The lowest BCUT2D eigenvalue weighted by Gasteiger charge is -2.11. The Labute approximate surface area is 139 Å². The monoisotopic (exact) mass is 420 g/mol. The van der Waals surface area contributed by atoms with Crippen molar-refractivity contribution >= 4 is 49.9 Å². The molecule has 1 rings (SSSR count). The molecule has 1 aromatic carbocycles. The quantitative estimate of drug-likeness (QED) is 0.560. The summed E-state index contributed by atoms with van der Waals surface area (Å²) >= 11 is 6.66. The molecule has 0 heterocycles.